The number of hydrogen-bond acceptors (Lipinski definition) is 2. The molecule has 17 heavy (non-hydrogen) atoms. The molecular formula is C14H27N3. The van der Waals surface area contributed by atoms with E-state index < -0.39 is 0 Å². The van der Waals surface area contributed by atoms with Crippen molar-refractivity contribution in [3.63, 3.8) is 0 Å². The third kappa shape index (κ3) is 3.01. The predicted molar refractivity (Wildman–Crippen MR) is 72.2 cm³/mol. The Labute approximate surface area is 105 Å². The van der Waals surface area contributed by atoms with Gasteiger partial charge >= 0.3 is 0 Å². The van der Waals surface area contributed by atoms with Crippen LogP contribution in [0, 0.1) is 16.7 Å². The second kappa shape index (κ2) is 4.97. The fourth-order valence-electron chi connectivity index (χ4n) is 3.32. The largest absolute Gasteiger partial charge is 0.387 e. The molecule has 2 bridgehead atoms. The first-order valence-electron chi connectivity index (χ1n) is 7.07. The molecule has 1 saturated carbocycles. The lowest BCUT2D eigenvalue weighted by Crippen LogP contribution is -2.33. The van der Waals surface area contributed by atoms with Crippen molar-refractivity contribution in [3.05, 3.63) is 0 Å². The molecule has 2 atom stereocenters. The lowest BCUT2D eigenvalue weighted by atomic mass is 9.86. The summed E-state index contributed by atoms with van der Waals surface area (Å²) >= 11 is 0. The molecule has 0 radical (unpaired) electrons. The number of rotatable bonds is 6. The van der Waals surface area contributed by atoms with Crippen molar-refractivity contribution in [2.75, 3.05) is 13.1 Å². The lowest BCUT2D eigenvalue weighted by molar-refractivity contribution is 0.207. The summed E-state index contributed by atoms with van der Waals surface area (Å²) in [6.45, 7) is 6.76. The van der Waals surface area contributed by atoms with E-state index in [4.69, 9.17) is 11.1 Å². The van der Waals surface area contributed by atoms with Gasteiger partial charge in [-0.15, -0.1) is 0 Å². The minimum atomic E-state index is -0.107. The van der Waals surface area contributed by atoms with E-state index >= 15 is 0 Å². The lowest BCUT2D eigenvalue weighted by Gasteiger charge is -2.27. The highest BCUT2D eigenvalue weighted by Crippen LogP contribution is 2.37. The van der Waals surface area contributed by atoms with Crippen LogP contribution in [-0.2, 0) is 0 Å². The number of hydrogen-bond donors (Lipinski definition) is 2. The van der Waals surface area contributed by atoms with Crippen LogP contribution in [0.4, 0.5) is 0 Å². The van der Waals surface area contributed by atoms with Crippen molar-refractivity contribution in [2.24, 2.45) is 17.1 Å². The van der Waals surface area contributed by atoms with Gasteiger partial charge in [0.1, 0.15) is 0 Å². The van der Waals surface area contributed by atoms with E-state index in [0.717, 1.165) is 18.4 Å². The maximum Gasteiger partial charge on any atom is 0.0963 e. The Bertz CT molecular complexity index is 285. The van der Waals surface area contributed by atoms with E-state index in [1.54, 1.807) is 0 Å². The molecule has 0 aromatic heterocycles. The van der Waals surface area contributed by atoms with Crippen LogP contribution in [0.25, 0.3) is 0 Å². The Balaban J connectivity index is 1.62. The minimum Gasteiger partial charge on any atom is -0.387 e. The molecular weight excluding hydrogens is 210 g/mol. The van der Waals surface area contributed by atoms with E-state index in [0.29, 0.717) is 5.84 Å². The average molecular weight is 237 g/mol. The maximum absolute atomic E-state index is 7.53. The molecule has 3 nitrogen and oxygen atoms in total. The molecule has 2 fully saturated rings. The molecule has 1 aliphatic heterocycles. The van der Waals surface area contributed by atoms with Crippen molar-refractivity contribution >= 4 is 5.84 Å². The summed E-state index contributed by atoms with van der Waals surface area (Å²) in [5, 5.41) is 7.53. The first-order valence-corrected chi connectivity index (χ1v) is 7.07. The zero-order valence-corrected chi connectivity index (χ0v) is 11.3. The molecule has 0 spiro atoms. The van der Waals surface area contributed by atoms with Crippen LogP contribution >= 0.6 is 0 Å². The Hall–Kier alpha value is -0.570. The number of amidine groups is 1. The van der Waals surface area contributed by atoms with Crippen LogP contribution in [0.15, 0.2) is 0 Å². The Morgan fingerprint density at radius 2 is 2.12 bits per heavy atom. The summed E-state index contributed by atoms with van der Waals surface area (Å²) in [5.41, 5.74) is 5.49. The Kier molecular flexibility index (Phi) is 3.76. The minimum absolute atomic E-state index is 0.107. The van der Waals surface area contributed by atoms with E-state index in [2.05, 4.69) is 18.7 Å². The number of fused-ring (bicyclic) bond motifs is 2. The Morgan fingerprint density at radius 3 is 2.65 bits per heavy atom. The van der Waals surface area contributed by atoms with Crippen LogP contribution in [-0.4, -0.2) is 29.9 Å². The molecule has 2 aliphatic rings. The summed E-state index contributed by atoms with van der Waals surface area (Å²) < 4.78 is 0. The van der Waals surface area contributed by atoms with Gasteiger partial charge in [0.2, 0.25) is 0 Å². The van der Waals surface area contributed by atoms with Crippen LogP contribution < -0.4 is 5.73 Å². The number of nitrogens with one attached hydrogen (secondary N) is 1. The fourth-order valence-corrected chi connectivity index (χ4v) is 3.32. The van der Waals surface area contributed by atoms with E-state index in [-0.39, 0.29) is 5.41 Å². The second-order valence-corrected chi connectivity index (χ2v) is 6.58. The third-order valence-corrected chi connectivity index (χ3v) is 4.75. The van der Waals surface area contributed by atoms with E-state index in [1.807, 2.05) is 0 Å². The van der Waals surface area contributed by atoms with Gasteiger partial charge < -0.3 is 10.6 Å². The molecule has 1 aliphatic carbocycles. The zero-order chi connectivity index (χ0) is 12.5. The zero-order valence-electron chi connectivity index (χ0n) is 11.3. The molecule has 0 aromatic rings. The number of unbranched alkanes of at least 4 members (excludes halogenated alkanes) is 1. The normalized spacial score (nSPS) is 28.8. The van der Waals surface area contributed by atoms with Gasteiger partial charge in [0, 0.05) is 18.0 Å². The van der Waals surface area contributed by atoms with Crippen LogP contribution in [0.3, 0.4) is 0 Å². The molecule has 2 rings (SSSR count). The smallest absolute Gasteiger partial charge is 0.0963 e. The SMILES string of the molecule is CC(C)(CCCCN1CC2CCC1C2)C(=N)N. The number of likely N-dealkylation sites (tertiary alicyclic amines) is 1. The molecule has 1 saturated heterocycles. The molecule has 98 valence electrons. The highest BCUT2D eigenvalue weighted by atomic mass is 15.2. The first kappa shape index (κ1) is 12.9. The second-order valence-electron chi connectivity index (χ2n) is 6.58. The number of nitrogens with two attached hydrogens (primary N) is 1. The topological polar surface area (TPSA) is 53.1 Å². The molecule has 2 unspecified atom stereocenters. The van der Waals surface area contributed by atoms with Crippen LogP contribution in [0.2, 0.25) is 0 Å². The predicted octanol–water partition coefficient (Wildman–Crippen LogP) is 2.60. The number of nitrogens with zero attached hydrogens (tertiary/aromatic N) is 1. The molecule has 0 aromatic carbocycles. The summed E-state index contributed by atoms with van der Waals surface area (Å²) in [5.74, 6) is 1.34. The van der Waals surface area contributed by atoms with Crippen molar-refractivity contribution in [3.8, 4) is 0 Å². The van der Waals surface area contributed by atoms with Crippen molar-refractivity contribution in [1.82, 2.24) is 4.90 Å². The van der Waals surface area contributed by atoms with Crippen LogP contribution in [0.1, 0.15) is 52.4 Å². The van der Waals surface area contributed by atoms with Crippen molar-refractivity contribution in [2.45, 2.75) is 58.4 Å². The van der Waals surface area contributed by atoms with Gasteiger partial charge in [0.05, 0.1) is 5.84 Å². The first-order chi connectivity index (χ1) is 7.99. The summed E-state index contributed by atoms with van der Waals surface area (Å²) in [6.07, 6.45) is 7.87. The molecule has 3 N–H and O–H groups in total. The van der Waals surface area contributed by atoms with E-state index in [1.165, 1.54) is 45.2 Å². The fraction of sp³-hybridized carbons (Fsp3) is 0.929. The third-order valence-electron chi connectivity index (χ3n) is 4.75. The summed E-state index contributed by atoms with van der Waals surface area (Å²) in [6, 6.07) is 0.904. The molecule has 3 heteroatoms. The quantitative estimate of drug-likeness (QED) is 0.424. The van der Waals surface area contributed by atoms with Gasteiger partial charge in [-0.25, -0.2) is 0 Å². The monoisotopic (exact) mass is 237 g/mol. The van der Waals surface area contributed by atoms with Crippen molar-refractivity contribution in [1.29, 1.82) is 5.41 Å². The molecule has 0 amide bonds. The van der Waals surface area contributed by atoms with E-state index in [9.17, 15) is 0 Å². The van der Waals surface area contributed by atoms with Gasteiger partial charge in [0.25, 0.3) is 0 Å². The summed E-state index contributed by atoms with van der Waals surface area (Å²) in [4.78, 5) is 2.69. The number of piperidine rings is 1. The highest BCUT2D eigenvalue weighted by Gasteiger charge is 2.37. The molecule has 1 heterocycles. The Morgan fingerprint density at radius 1 is 1.35 bits per heavy atom. The van der Waals surface area contributed by atoms with Gasteiger partial charge in [-0.1, -0.05) is 20.3 Å². The van der Waals surface area contributed by atoms with Gasteiger partial charge in [-0.05, 0) is 44.6 Å². The highest BCUT2D eigenvalue weighted by molar-refractivity contribution is 5.82. The van der Waals surface area contributed by atoms with Crippen LogP contribution in [0.5, 0.6) is 0 Å². The van der Waals surface area contributed by atoms with Gasteiger partial charge in [0.15, 0.2) is 0 Å². The average Bonchev–Trinajstić information content (AvgIpc) is 2.85. The van der Waals surface area contributed by atoms with Crippen molar-refractivity contribution < 1.29 is 0 Å². The van der Waals surface area contributed by atoms with Gasteiger partial charge in [-0.2, -0.15) is 0 Å². The summed E-state index contributed by atoms with van der Waals surface area (Å²) in [7, 11) is 0. The standard InChI is InChI=1S/C14H27N3/c1-14(2,13(15)16)7-3-4-8-17-10-11-5-6-12(17)9-11/h11-12H,3-10H2,1-2H3,(H3,15,16). The maximum atomic E-state index is 7.53. The van der Waals surface area contributed by atoms with Gasteiger partial charge in [-0.3, -0.25) is 5.41 Å².